The van der Waals surface area contributed by atoms with Crippen LogP contribution in [0.25, 0.3) is 16.9 Å². The van der Waals surface area contributed by atoms with Crippen LogP contribution < -0.4 is 10.2 Å². The zero-order valence-corrected chi connectivity index (χ0v) is 14.1. The second kappa shape index (κ2) is 6.16. The second-order valence-corrected chi connectivity index (χ2v) is 6.09. The topological polar surface area (TPSA) is 58.9 Å². The van der Waals surface area contributed by atoms with E-state index in [0.717, 1.165) is 28.3 Å². The van der Waals surface area contributed by atoms with Crippen LogP contribution in [0.15, 0.2) is 42.7 Å². The van der Waals surface area contributed by atoms with Crippen LogP contribution in [-0.4, -0.2) is 46.1 Å². The molecule has 3 heterocycles. The van der Waals surface area contributed by atoms with Crippen LogP contribution in [0.1, 0.15) is 5.56 Å². The monoisotopic (exact) mass is 338 g/mol. The molecule has 6 nitrogen and oxygen atoms in total. The Kier molecular flexibility index (Phi) is 3.83. The fraction of sp³-hybridized carbons (Fsp3) is 0.278. The Morgan fingerprint density at radius 3 is 2.40 bits per heavy atom. The zero-order valence-electron chi connectivity index (χ0n) is 14.1. The van der Waals surface area contributed by atoms with E-state index in [4.69, 9.17) is 5.10 Å². The van der Waals surface area contributed by atoms with E-state index >= 15 is 0 Å². The Balaban J connectivity index is 1.70. The number of para-hydroxylation sites is 1. The van der Waals surface area contributed by atoms with Crippen molar-refractivity contribution in [3.8, 4) is 16.9 Å². The van der Waals surface area contributed by atoms with Crippen molar-refractivity contribution in [1.82, 2.24) is 19.7 Å². The summed E-state index contributed by atoms with van der Waals surface area (Å²) in [6.07, 6.45) is 2.72. The summed E-state index contributed by atoms with van der Waals surface area (Å²) in [5, 5.41) is 7.96. The Morgan fingerprint density at radius 1 is 1.12 bits per heavy atom. The van der Waals surface area contributed by atoms with Crippen molar-refractivity contribution in [3.05, 3.63) is 48.3 Å². The van der Waals surface area contributed by atoms with Gasteiger partial charge in [0.15, 0.2) is 0 Å². The molecule has 0 saturated carbocycles. The van der Waals surface area contributed by atoms with Crippen LogP contribution in [0.3, 0.4) is 0 Å². The quantitative estimate of drug-likeness (QED) is 0.793. The SMILES string of the molecule is CNc1c(C)c(-c2cnc(N3CC(F)C3)nc2)nn1-c1ccccc1. The van der Waals surface area contributed by atoms with Crippen LogP contribution in [0.4, 0.5) is 16.2 Å². The van der Waals surface area contributed by atoms with Gasteiger partial charge in [0.05, 0.1) is 18.8 Å². The first-order valence-corrected chi connectivity index (χ1v) is 8.21. The largest absolute Gasteiger partial charge is 0.373 e. The van der Waals surface area contributed by atoms with Crippen molar-refractivity contribution in [1.29, 1.82) is 0 Å². The third-order valence-electron chi connectivity index (χ3n) is 4.39. The number of hydrogen-bond acceptors (Lipinski definition) is 5. The highest BCUT2D eigenvalue weighted by atomic mass is 19.1. The zero-order chi connectivity index (χ0) is 17.4. The standard InChI is InChI=1S/C18H19FN6/c1-12-16(13-8-21-18(22-9-13)24-10-14(19)11-24)23-25(17(12)20-2)15-6-4-3-5-7-15/h3-9,14,20H,10-11H2,1-2H3. The average molecular weight is 338 g/mol. The highest BCUT2D eigenvalue weighted by Crippen LogP contribution is 2.30. The van der Waals surface area contributed by atoms with Gasteiger partial charge in [0.1, 0.15) is 17.7 Å². The molecule has 2 aromatic heterocycles. The summed E-state index contributed by atoms with van der Waals surface area (Å²) in [7, 11) is 1.88. The van der Waals surface area contributed by atoms with E-state index in [2.05, 4.69) is 15.3 Å². The fourth-order valence-corrected chi connectivity index (χ4v) is 3.01. The van der Waals surface area contributed by atoms with Crippen molar-refractivity contribution in [2.45, 2.75) is 13.1 Å². The number of benzene rings is 1. The van der Waals surface area contributed by atoms with Crippen molar-refractivity contribution in [3.63, 3.8) is 0 Å². The van der Waals surface area contributed by atoms with Crippen LogP contribution in [0.2, 0.25) is 0 Å². The van der Waals surface area contributed by atoms with Gasteiger partial charge in [-0.05, 0) is 19.1 Å². The van der Waals surface area contributed by atoms with Crippen molar-refractivity contribution < 1.29 is 4.39 Å². The predicted molar refractivity (Wildman–Crippen MR) is 96.0 cm³/mol. The minimum Gasteiger partial charge on any atom is -0.373 e. The Hall–Kier alpha value is -2.96. The van der Waals surface area contributed by atoms with Crippen LogP contribution in [0.5, 0.6) is 0 Å². The smallest absolute Gasteiger partial charge is 0.225 e. The molecule has 0 atom stereocenters. The molecule has 1 fully saturated rings. The molecule has 3 aromatic rings. The van der Waals surface area contributed by atoms with Gasteiger partial charge in [0, 0.05) is 30.6 Å². The van der Waals surface area contributed by atoms with E-state index < -0.39 is 6.17 Å². The molecule has 1 aliphatic rings. The molecule has 4 rings (SSSR count). The minimum absolute atomic E-state index is 0.366. The van der Waals surface area contributed by atoms with E-state index in [1.165, 1.54) is 0 Å². The Morgan fingerprint density at radius 2 is 1.80 bits per heavy atom. The van der Waals surface area contributed by atoms with Gasteiger partial charge in [-0.2, -0.15) is 5.10 Å². The number of hydrogen-bond donors (Lipinski definition) is 1. The summed E-state index contributed by atoms with van der Waals surface area (Å²) in [5.41, 5.74) is 3.67. The number of anilines is 2. The van der Waals surface area contributed by atoms with Gasteiger partial charge in [-0.25, -0.2) is 19.0 Å². The number of rotatable bonds is 4. The summed E-state index contributed by atoms with van der Waals surface area (Å²) in [6.45, 7) is 2.75. The lowest BCUT2D eigenvalue weighted by atomic mass is 10.1. The maximum atomic E-state index is 13.0. The number of nitrogens with one attached hydrogen (secondary N) is 1. The molecule has 0 unspecified atom stereocenters. The fourth-order valence-electron chi connectivity index (χ4n) is 3.01. The lowest BCUT2D eigenvalue weighted by molar-refractivity contribution is 0.272. The van der Waals surface area contributed by atoms with Gasteiger partial charge in [-0.1, -0.05) is 18.2 Å². The van der Waals surface area contributed by atoms with Crippen molar-refractivity contribution in [2.75, 3.05) is 30.4 Å². The van der Waals surface area contributed by atoms with E-state index in [1.54, 1.807) is 12.4 Å². The lowest BCUT2D eigenvalue weighted by Gasteiger charge is -2.34. The molecule has 0 amide bonds. The molecule has 1 N–H and O–H groups in total. The molecule has 7 heteroatoms. The molecular weight excluding hydrogens is 319 g/mol. The molecule has 1 saturated heterocycles. The molecule has 1 aromatic carbocycles. The summed E-state index contributed by atoms with van der Waals surface area (Å²) >= 11 is 0. The molecule has 128 valence electrons. The van der Waals surface area contributed by atoms with E-state index in [-0.39, 0.29) is 0 Å². The van der Waals surface area contributed by atoms with Crippen LogP contribution >= 0.6 is 0 Å². The third-order valence-corrected chi connectivity index (χ3v) is 4.39. The van der Waals surface area contributed by atoms with E-state index in [0.29, 0.717) is 19.0 Å². The first-order chi connectivity index (χ1) is 12.2. The minimum atomic E-state index is -0.773. The molecule has 0 aliphatic carbocycles. The van der Waals surface area contributed by atoms with Gasteiger partial charge in [0.2, 0.25) is 5.95 Å². The first-order valence-electron chi connectivity index (χ1n) is 8.21. The molecule has 25 heavy (non-hydrogen) atoms. The molecule has 0 spiro atoms. The normalized spacial score (nSPS) is 14.4. The predicted octanol–water partition coefficient (Wildman–Crippen LogP) is 2.84. The highest BCUT2D eigenvalue weighted by Gasteiger charge is 2.28. The van der Waals surface area contributed by atoms with Crippen molar-refractivity contribution >= 4 is 11.8 Å². The molecular formula is C18H19FN6. The summed E-state index contributed by atoms with van der Waals surface area (Å²) < 4.78 is 14.9. The summed E-state index contributed by atoms with van der Waals surface area (Å²) in [5.74, 6) is 1.49. The lowest BCUT2D eigenvalue weighted by Crippen LogP contribution is -2.49. The second-order valence-electron chi connectivity index (χ2n) is 6.09. The van der Waals surface area contributed by atoms with Crippen molar-refractivity contribution in [2.24, 2.45) is 0 Å². The molecule has 0 radical (unpaired) electrons. The van der Waals surface area contributed by atoms with Gasteiger partial charge >= 0.3 is 0 Å². The van der Waals surface area contributed by atoms with Crippen LogP contribution in [0, 0.1) is 6.92 Å². The Labute approximate surface area is 145 Å². The molecule has 0 bridgehead atoms. The van der Waals surface area contributed by atoms with E-state index in [1.807, 2.05) is 53.9 Å². The van der Waals surface area contributed by atoms with Gasteiger partial charge in [0.25, 0.3) is 0 Å². The maximum Gasteiger partial charge on any atom is 0.225 e. The summed E-state index contributed by atoms with van der Waals surface area (Å²) in [4.78, 5) is 10.6. The first kappa shape index (κ1) is 15.6. The maximum absolute atomic E-state index is 13.0. The average Bonchev–Trinajstić information content (AvgIpc) is 2.96. The number of halogens is 1. The van der Waals surface area contributed by atoms with Gasteiger partial charge < -0.3 is 10.2 Å². The molecule has 1 aliphatic heterocycles. The summed E-state index contributed by atoms with van der Waals surface area (Å²) in [6, 6.07) is 9.95. The number of aromatic nitrogens is 4. The van der Waals surface area contributed by atoms with Crippen LogP contribution in [-0.2, 0) is 0 Å². The number of alkyl halides is 1. The van der Waals surface area contributed by atoms with Gasteiger partial charge in [-0.15, -0.1) is 0 Å². The van der Waals surface area contributed by atoms with E-state index in [9.17, 15) is 4.39 Å². The van der Waals surface area contributed by atoms with Gasteiger partial charge in [-0.3, -0.25) is 0 Å². The number of nitrogens with zero attached hydrogens (tertiary/aromatic N) is 5. The highest BCUT2D eigenvalue weighted by molar-refractivity contribution is 5.69. The Bertz CT molecular complexity index is 869. The third kappa shape index (κ3) is 2.71.